The Kier molecular flexibility index (Phi) is 4.82. The van der Waals surface area contributed by atoms with Gasteiger partial charge in [-0.15, -0.1) is 0 Å². The summed E-state index contributed by atoms with van der Waals surface area (Å²) < 4.78 is 5.82. The molecule has 1 saturated carbocycles. The van der Waals surface area contributed by atoms with Gasteiger partial charge in [-0.2, -0.15) is 0 Å². The number of nitrogens with zero attached hydrogens (tertiary/aromatic N) is 4. The lowest BCUT2D eigenvalue weighted by molar-refractivity contribution is 0.0952. The lowest BCUT2D eigenvalue weighted by Crippen LogP contribution is -2.33. The van der Waals surface area contributed by atoms with Crippen LogP contribution in [0.3, 0.4) is 0 Å². The van der Waals surface area contributed by atoms with Crippen molar-refractivity contribution in [1.29, 1.82) is 0 Å². The number of amides is 1. The Morgan fingerprint density at radius 1 is 1.30 bits per heavy atom. The second-order valence-electron chi connectivity index (χ2n) is 7.41. The maximum atomic E-state index is 11.9. The van der Waals surface area contributed by atoms with Crippen LogP contribution in [-0.2, 0) is 6.54 Å². The molecule has 4 rings (SSSR count). The van der Waals surface area contributed by atoms with E-state index in [9.17, 15) is 4.79 Å². The molecule has 2 fully saturated rings. The smallest absolute Gasteiger partial charge is 0.288 e. The lowest BCUT2D eigenvalue weighted by Gasteiger charge is -2.21. The molecule has 0 radical (unpaired) electrons. The predicted molar refractivity (Wildman–Crippen MR) is 101 cm³/mol. The van der Waals surface area contributed by atoms with E-state index < -0.39 is 0 Å². The van der Waals surface area contributed by atoms with Crippen LogP contribution in [-0.4, -0.2) is 47.0 Å². The molecule has 1 aliphatic carbocycles. The molecule has 3 heterocycles. The third kappa shape index (κ3) is 3.80. The average Bonchev–Trinajstić information content (AvgIpc) is 3.23. The highest BCUT2D eigenvalue weighted by Gasteiger charge is 2.29. The maximum absolute atomic E-state index is 11.9. The molecule has 1 amide bonds. The van der Waals surface area contributed by atoms with Crippen LogP contribution in [0.5, 0.6) is 0 Å². The van der Waals surface area contributed by atoms with Crippen LogP contribution >= 0.6 is 0 Å². The van der Waals surface area contributed by atoms with E-state index in [1.54, 1.807) is 7.05 Å². The minimum atomic E-state index is -0.259. The molecule has 144 valence electrons. The van der Waals surface area contributed by atoms with Crippen LogP contribution in [0.2, 0.25) is 0 Å². The number of hydrogen-bond donors (Lipinski definition) is 2. The molecular formula is C19H26N6O2. The standard InChI is InChI=1S/C19H26N6O2/c1-11-12(2)23-16(18(26)20-3)24-17(11)25-7-6-14(10-25)21-8-15-9-22-19(27-15)13-4-5-13/h9,13-14,21H,4-8,10H2,1-3H3,(H,20,26)/t14-/m1/s1. The molecule has 1 atom stereocenters. The monoisotopic (exact) mass is 370 g/mol. The van der Waals surface area contributed by atoms with Crippen LogP contribution < -0.4 is 15.5 Å². The molecule has 1 aliphatic heterocycles. The number of nitrogens with one attached hydrogen (secondary N) is 2. The van der Waals surface area contributed by atoms with Crippen molar-refractivity contribution < 1.29 is 9.21 Å². The molecule has 1 saturated heterocycles. The number of hydrogen-bond acceptors (Lipinski definition) is 7. The van der Waals surface area contributed by atoms with Gasteiger partial charge < -0.3 is 20.0 Å². The SMILES string of the molecule is CNC(=O)c1nc(C)c(C)c(N2CC[C@@H](NCc3cnc(C4CC4)o3)C2)n1. The number of aryl methyl sites for hydroxylation is 1. The van der Waals surface area contributed by atoms with Crippen molar-refractivity contribution in [3.05, 3.63) is 34.9 Å². The minimum Gasteiger partial charge on any atom is -0.444 e. The maximum Gasteiger partial charge on any atom is 0.288 e. The number of aromatic nitrogens is 3. The summed E-state index contributed by atoms with van der Waals surface area (Å²) in [7, 11) is 1.59. The van der Waals surface area contributed by atoms with E-state index >= 15 is 0 Å². The summed E-state index contributed by atoms with van der Waals surface area (Å²) in [5.74, 6) is 3.13. The molecule has 2 N–H and O–H groups in total. The number of anilines is 1. The van der Waals surface area contributed by atoms with Crippen molar-refractivity contribution in [2.24, 2.45) is 0 Å². The third-order valence-corrected chi connectivity index (χ3v) is 5.34. The minimum absolute atomic E-state index is 0.223. The van der Waals surface area contributed by atoms with E-state index in [0.29, 0.717) is 18.5 Å². The fourth-order valence-electron chi connectivity index (χ4n) is 3.42. The fourth-order valence-corrected chi connectivity index (χ4v) is 3.42. The Balaban J connectivity index is 1.39. The second-order valence-corrected chi connectivity index (χ2v) is 7.41. The van der Waals surface area contributed by atoms with Crippen molar-refractivity contribution in [3.63, 3.8) is 0 Å². The van der Waals surface area contributed by atoms with Gasteiger partial charge in [0.2, 0.25) is 5.82 Å². The van der Waals surface area contributed by atoms with Crippen molar-refractivity contribution in [2.75, 3.05) is 25.0 Å². The quantitative estimate of drug-likeness (QED) is 0.799. The van der Waals surface area contributed by atoms with Gasteiger partial charge in [-0.3, -0.25) is 4.79 Å². The van der Waals surface area contributed by atoms with Gasteiger partial charge in [-0.05, 0) is 33.1 Å². The van der Waals surface area contributed by atoms with Gasteiger partial charge in [-0.1, -0.05) is 0 Å². The summed E-state index contributed by atoms with van der Waals surface area (Å²) in [5, 5.41) is 6.15. The highest BCUT2D eigenvalue weighted by Crippen LogP contribution is 2.39. The second kappa shape index (κ2) is 7.26. The third-order valence-electron chi connectivity index (χ3n) is 5.34. The fraction of sp³-hybridized carbons (Fsp3) is 0.579. The zero-order valence-corrected chi connectivity index (χ0v) is 16.1. The number of carbonyl (C=O) groups is 1. The van der Waals surface area contributed by atoms with Gasteiger partial charge in [0.25, 0.3) is 5.91 Å². The highest BCUT2D eigenvalue weighted by atomic mass is 16.4. The molecule has 27 heavy (non-hydrogen) atoms. The van der Waals surface area contributed by atoms with Gasteiger partial charge in [0.05, 0.1) is 12.7 Å². The highest BCUT2D eigenvalue weighted by molar-refractivity contribution is 5.90. The molecule has 0 unspecified atom stereocenters. The van der Waals surface area contributed by atoms with Crippen molar-refractivity contribution in [1.82, 2.24) is 25.6 Å². The molecule has 2 aromatic rings. The Bertz CT molecular complexity index is 845. The van der Waals surface area contributed by atoms with Crippen molar-refractivity contribution >= 4 is 11.7 Å². The molecule has 8 nitrogen and oxygen atoms in total. The van der Waals surface area contributed by atoms with Gasteiger partial charge in [-0.25, -0.2) is 15.0 Å². The zero-order chi connectivity index (χ0) is 19.0. The Hall–Kier alpha value is -2.48. The summed E-state index contributed by atoms with van der Waals surface area (Å²) in [6.07, 6.45) is 5.24. The molecule has 0 spiro atoms. The van der Waals surface area contributed by atoms with Crippen molar-refractivity contribution in [2.45, 2.75) is 51.6 Å². The molecule has 2 aliphatic rings. The van der Waals surface area contributed by atoms with E-state index in [1.165, 1.54) is 12.8 Å². The Morgan fingerprint density at radius 2 is 2.11 bits per heavy atom. The van der Waals surface area contributed by atoms with E-state index in [2.05, 4.69) is 30.5 Å². The first-order valence-corrected chi connectivity index (χ1v) is 9.55. The van der Waals surface area contributed by atoms with Gasteiger partial charge >= 0.3 is 0 Å². The van der Waals surface area contributed by atoms with E-state index in [0.717, 1.165) is 48.2 Å². The number of oxazole rings is 1. The average molecular weight is 370 g/mol. The number of rotatable bonds is 6. The van der Waals surface area contributed by atoms with E-state index in [-0.39, 0.29) is 11.7 Å². The predicted octanol–water partition coefficient (Wildman–Crippen LogP) is 1.69. The summed E-state index contributed by atoms with van der Waals surface area (Å²) in [6.45, 7) is 6.34. The topological polar surface area (TPSA) is 96.2 Å². The van der Waals surface area contributed by atoms with Crippen LogP contribution in [0, 0.1) is 13.8 Å². The van der Waals surface area contributed by atoms with Crippen LogP contribution in [0.25, 0.3) is 0 Å². The largest absolute Gasteiger partial charge is 0.444 e. The Morgan fingerprint density at radius 3 is 2.85 bits per heavy atom. The summed E-state index contributed by atoms with van der Waals surface area (Å²) in [6, 6.07) is 0.345. The molecular weight excluding hydrogens is 344 g/mol. The van der Waals surface area contributed by atoms with E-state index in [4.69, 9.17) is 4.42 Å². The summed E-state index contributed by atoms with van der Waals surface area (Å²) >= 11 is 0. The van der Waals surface area contributed by atoms with Gasteiger partial charge in [0.15, 0.2) is 5.89 Å². The number of carbonyl (C=O) groups excluding carboxylic acids is 1. The normalized spacial score (nSPS) is 19.5. The van der Waals surface area contributed by atoms with Crippen molar-refractivity contribution in [3.8, 4) is 0 Å². The molecule has 0 bridgehead atoms. The van der Waals surface area contributed by atoms with Gasteiger partial charge in [0.1, 0.15) is 11.6 Å². The zero-order valence-electron chi connectivity index (χ0n) is 16.1. The molecule has 2 aromatic heterocycles. The first-order chi connectivity index (χ1) is 13.0. The first-order valence-electron chi connectivity index (χ1n) is 9.55. The summed E-state index contributed by atoms with van der Waals surface area (Å²) in [4.78, 5) is 27.4. The lowest BCUT2D eigenvalue weighted by atomic mass is 10.2. The molecule has 0 aromatic carbocycles. The Labute approximate surface area is 158 Å². The van der Waals surface area contributed by atoms with Crippen LogP contribution in [0.15, 0.2) is 10.6 Å². The van der Waals surface area contributed by atoms with Gasteiger partial charge in [0, 0.05) is 43.4 Å². The first kappa shape index (κ1) is 17.9. The molecule has 8 heteroatoms. The summed E-state index contributed by atoms with van der Waals surface area (Å²) in [5.41, 5.74) is 1.86. The van der Waals surface area contributed by atoms with Crippen LogP contribution in [0.4, 0.5) is 5.82 Å². The van der Waals surface area contributed by atoms with E-state index in [1.807, 2.05) is 20.0 Å². The van der Waals surface area contributed by atoms with Crippen LogP contribution in [0.1, 0.15) is 58.7 Å².